The van der Waals surface area contributed by atoms with Gasteiger partial charge >= 0.3 is 0 Å². The highest BCUT2D eigenvalue weighted by molar-refractivity contribution is 5.99. The number of hydrogen-bond acceptors (Lipinski definition) is 4. The molecule has 0 aliphatic rings. The Morgan fingerprint density at radius 3 is 1.28 bits per heavy atom. The van der Waals surface area contributed by atoms with Crippen LogP contribution in [0.2, 0.25) is 0 Å². The van der Waals surface area contributed by atoms with E-state index in [-0.39, 0.29) is 0 Å². The molecule has 6 aromatic carbocycles. The van der Waals surface area contributed by atoms with Gasteiger partial charge in [0.25, 0.3) is 0 Å². The van der Waals surface area contributed by atoms with Crippen molar-refractivity contribution in [3.8, 4) is 24.3 Å². The zero-order chi connectivity index (χ0) is 71.7. The molecule has 0 radical (unpaired) electrons. The third kappa shape index (κ3) is 18.6. The summed E-state index contributed by atoms with van der Waals surface area (Å²) >= 11 is 0. The van der Waals surface area contributed by atoms with Crippen LogP contribution in [0.4, 0.5) is 22.7 Å². The van der Waals surface area contributed by atoms with Crippen LogP contribution < -0.4 is 0 Å². The van der Waals surface area contributed by atoms with Gasteiger partial charge in [-0.2, -0.15) is 21.0 Å². The molecule has 0 aliphatic heterocycles. The summed E-state index contributed by atoms with van der Waals surface area (Å²) in [4.78, 5) is 14.1. The smallest absolute Gasteiger partial charge is 0.199 e. The Morgan fingerprint density at radius 1 is 0.309 bits per heavy atom. The van der Waals surface area contributed by atoms with E-state index in [0.717, 1.165) is 116 Å². The van der Waals surface area contributed by atoms with E-state index in [1.54, 1.807) is 6.07 Å². The van der Waals surface area contributed by atoms with Gasteiger partial charge in [0.2, 0.25) is 0 Å². The Bertz CT molecular complexity index is 4820. The highest BCUT2D eigenvalue weighted by atomic mass is 14.9. The van der Waals surface area contributed by atoms with Crippen LogP contribution in [0.25, 0.3) is 84.8 Å². The number of nitriles is 4. The summed E-state index contributed by atoms with van der Waals surface area (Å²) in [6, 6.07) is 40.1. The second kappa shape index (κ2) is 40.3. The summed E-state index contributed by atoms with van der Waals surface area (Å²) in [6.07, 6.45) is 11.7. The van der Waals surface area contributed by atoms with Gasteiger partial charge in [0.05, 0.1) is 65.1 Å². The van der Waals surface area contributed by atoms with Crippen LogP contribution in [-0.2, 0) is 42.3 Å². The van der Waals surface area contributed by atoms with Gasteiger partial charge in [0.15, 0.2) is 22.7 Å². The van der Waals surface area contributed by atoms with E-state index in [2.05, 4.69) is 67.3 Å². The molecule has 14 heteroatoms. The van der Waals surface area contributed by atoms with E-state index in [1.165, 1.54) is 5.56 Å². The third-order valence-corrected chi connectivity index (χ3v) is 14.4. The molecule has 0 N–H and O–H groups in total. The van der Waals surface area contributed by atoms with E-state index in [4.69, 9.17) is 47.3 Å². The fourth-order valence-corrected chi connectivity index (χ4v) is 10.2. The van der Waals surface area contributed by atoms with E-state index in [9.17, 15) is 0 Å². The zero-order valence-electron chi connectivity index (χ0n) is 60.0. The molecule has 0 atom stereocenters. The molecule has 0 aliphatic carbocycles. The van der Waals surface area contributed by atoms with Gasteiger partial charge in [-0.15, -0.1) is 0 Å². The maximum absolute atomic E-state index is 9.10. The molecule has 6 aromatic heterocycles. The Kier molecular flexibility index (Phi) is 34.5. The lowest BCUT2D eigenvalue weighted by Gasteiger charge is -2.04. The summed E-state index contributed by atoms with van der Waals surface area (Å²) < 4.78 is 11.9. The monoisotopic (exact) mass is 1250 g/mol. The van der Waals surface area contributed by atoms with Gasteiger partial charge in [-0.05, 0) is 130 Å². The van der Waals surface area contributed by atoms with Crippen molar-refractivity contribution in [1.82, 2.24) is 27.4 Å². The van der Waals surface area contributed by atoms with Gasteiger partial charge in [0.1, 0.15) is 24.3 Å². The third-order valence-electron chi connectivity index (χ3n) is 14.4. The average Bonchev–Trinajstić information content (AvgIpc) is 1.63. The molecule has 0 fully saturated rings. The first kappa shape index (κ1) is 80.5. The van der Waals surface area contributed by atoms with Crippen molar-refractivity contribution in [3.05, 3.63) is 236 Å². The number of fused-ring (bicyclic) bond motifs is 6. The Hall–Kier alpha value is -11.5. The SMILES string of the molecule is CC.CC.CC.CC.CC.CC.Cc1cc2ccn(C)c2c(C#N)c1C#N.Cc1ccc2ccn(C)c2c1C#N.[C-]#[N+]c1c(C)cc(C#N)c2c1ccn2C.[C-]#[N+]c1c(C)ccc2c1ccn2C.[C-]#[N+]c1cc(C)cc2c1ccn2C.[C-]#[N+]c1ccc(C)c2c1ccn2C. The molecule has 0 amide bonds. The van der Waals surface area contributed by atoms with Crippen LogP contribution in [0.15, 0.2) is 134 Å². The van der Waals surface area contributed by atoms with Crippen molar-refractivity contribution < 1.29 is 0 Å². The first-order chi connectivity index (χ1) is 45.3. The van der Waals surface area contributed by atoms with Gasteiger partial charge < -0.3 is 27.4 Å². The van der Waals surface area contributed by atoms with Crippen LogP contribution >= 0.6 is 0 Å². The van der Waals surface area contributed by atoms with Crippen LogP contribution in [0, 0.1) is 113 Å². The predicted molar refractivity (Wildman–Crippen MR) is 398 cm³/mol. The van der Waals surface area contributed by atoms with E-state index < -0.39 is 0 Å². The largest absolute Gasteiger partial charge is 0.352 e. The number of aromatic nitrogens is 6. The molecule has 0 spiro atoms. The van der Waals surface area contributed by atoms with Gasteiger partial charge in [-0.1, -0.05) is 125 Å². The number of aryl methyl sites for hydroxylation is 12. The maximum Gasteiger partial charge on any atom is 0.199 e. The quantitative estimate of drug-likeness (QED) is 0.139. The summed E-state index contributed by atoms with van der Waals surface area (Å²) in [5, 5.41) is 42.3. The Labute approximate surface area is 560 Å². The minimum Gasteiger partial charge on any atom is -0.352 e. The maximum atomic E-state index is 9.10. The standard InChI is InChI=1S/2C12H9N3.4C11H10N2.6C2H6/c1-8-6-9(7-13)12-10(11(8)14-2)4-5-15(12)3;1-8-5-9-3-4-15(2)12(9)11(7-14)10(8)6-13;1-8-6-10(12-2)9-4-5-13(3)11(9)7-8;1-8-4-5-10-9(11(8)12-2)6-7-13(10)3;1-8-4-5-10(12-2)9-6-7-13(3)11(8)9;1-8-3-4-9-5-6-13(2)11(9)10(8)7-12;6*1-2/h4-6H,1,3H3;3-5H,1-2H3;3*4-7H,1,3H3;3-6H,1-2H3;6*1-2H3. The number of benzene rings is 6. The second-order valence-electron chi connectivity index (χ2n) is 19.9. The van der Waals surface area contributed by atoms with Gasteiger partial charge in [-0.25, -0.2) is 19.4 Å². The van der Waals surface area contributed by atoms with E-state index in [0.29, 0.717) is 22.4 Å². The van der Waals surface area contributed by atoms with E-state index >= 15 is 0 Å². The van der Waals surface area contributed by atoms with Crippen LogP contribution in [0.1, 0.15) is 139 Å². The molecule has 0 saturated carbocycles. The molecule has 12 rings (SSSR count). The van der Waals surface area contributed by atoms with Crippen LogP contribution in [0.5, 0.6) is 0 Å². The molecule has 12 aromatic rings. The minimum absolute atomic E-state index is 0.472. The van der Waals surface area contributed by atoms with Gasteiger partial charge in [-0.3, -0.25) is 0 Å². The Morgan fingerprint density at radius 2 is 0.745 bits per heavy atom. The molecule has 0 saturated heterocycles. The molecule has 0 bridgehead atoms. The molecule has 94 heavy (non-hydrogen) atoms. The highest BCUT2D eigenvalue weighted by Crippen LogP contribution is 2.34. The number of nitrogens with zero attached hydrogens (tertiary/aromatic N) is 14. The molecular weight excluding hydrogens is 1160 g/mol. The highest BCUT2D eigenvalue weighted by Gasteiger charge is 2.15. The zero-order valence-corrected chi connectivity index (χ0v) is 60.0. The van der Waals surface area contributed by atoms with Crippen molar-refractivity contribution in [2.24, 2.45) is 42.3 Å². The minimum atomic E-state index is 0.472. The van der Waals surface area contributed by atoms with Crippen molar-refractivity contribution in [1.29, 1.82) is 21.0 Å². The van der Waals surface area contributed by atoms with Crippen LogP contribution in [0.3, 0.4) is 0 Å². The summed E-state index contributed by atoms with van der Waals surface area (Å²) in [5.74, 6) is 0. The first-order valence-electron chi connectivity index (χ1n) is 31.8. The number of hydrogen-bond donors (Lipinski definition) is 0. The second-order valence-corrected chi connectivity index (χ2v) is 19.9. The lowest BCUT2D eigenvalue weighted by atomic mass is 10.0. The van der Waals surface area contributed by atoms with Gasteiger partial charge in [0, 0.05) is 128 Å². The lowest BCUT2D eigenvalue weighted by molar-refractivity contribution is 0.964. The lowest BCUT2D eigenvalue weighted by Crippen LogP contribution is -1.94. The predicted octanol–water partition coefficient (Wildman–Crippen LogP) is 22.8. The molecule has 6 heterocycles. The summed E-state index contributed by atoms with van der Waals surface area (Å²) in [6.45, 7) is 64.0. The topological polar surface area (TPSA) is 142 Å². The van der Waals surface area contributed by atoms with Crippen LogP contribution in [-0.4, -0.2) is 27.4 Å². The molecular formula is C80H94N14. The number of rotatable bonds is 0. The molecule has 484 valence electrons. The van der Waals surface area contributed by atoms with Crippen molar-refractivity contribution in [3.63, 3.8) is 0 Å². The normalized spacial score (nSPS) is 9.19. The summed E-state index contributed by atoms with van der Waals surface area (Å²) in [5.41, 5.74) is 17.5. The Balaban J connectivity index is 0.000000546. The van der Waals surface area contributed by atoms with Crippen molar-refractivity contribution >= 4 is 88.2 Å². The van der Waals surface area contributed by atoms with E-state index in [1.807, 2.05) is 299 Å². The van der Waals surface area contributed by atoms with Crippen molar-refractivity contribution in [2.75, 3.05) is 0 Å². The fourth-order valence-electron chi connectivity index (χ4n) is 10.2. The average molecular weight is 1250 g/mol. The van der Waals surface area contributed by atoms with Crippen molar-refractivity contribution in [2.45, 2.75) is 125 Å². The first-order valence-corrected chi connectivity index (χ1v) is 31.8. The fraction of sp³-hybridized carbons (Fsp3) is 0.300. The molecule has 0 unspecified atom stereocenters. The molecule has 14 nitrogen and oxygen atoms in total. The summed E-state index contributed by atoms with van der Waals surface area (Å²) in [7, 11) is 11.7.